The number of aromatic nitrogens is 4. The Morgan fingerprint density at radius 3 is 1.60 bits per heavy atom. The molecule has 0 unspecified atom stereocenters. The van der Waals surface area contributed by atoms with Crippen molar-refractivity contribution in [1.82, 2.24) is 29.4 Å². The van der Waals surface area contributed by atoms with Crippen molar-refractivity contribution >= 4 is 0 Å². The molecule has 0 spiro atoms. The maximum Gasteiger partial charge on any atom is 0.433 e. The number of aryl methyl sites for hydroxylation is 2. The van der Waals surface area contributed by atoms with Crippen molar-refractivity contribution in [3.05, 3.63) is 34.9 Å². The van der Waals surface area contributed by atoms with Crippen LogP contribution >= 0.6 is 0 Å². The largest absolute Gasteiger partial charge is 0.433 e. The maximum absolute atomic E-state index is 13.3. The van der Waals surface area contributed by atoms with Gasteiger partial charge in [0.1, 0.15) is 11.4 Å². The van der Waals surface area contributed by atoms with Gasteiger partial charge in [0.2, 0.25) is 0 Å². The van der Waals surface area contributed by atoms with Crippen LogP contribution in [-0.4, -0.2) is 54.5 Å². The Kier molecular flexibility index (Phi) is 5.93. The third-order valence-electron chi connectivity index (χ3n) is 5.49. The molecule has 2 atom stereocenters. The summed E-state index contributed by atoms with van der Waals surface area (Å²) in [5, 5.41) is 7.48. The minimum Gasteiger partial charge on any atom is -0.296 e. The van der Waals surface area contributed by atoms with E-state index in [4.69, 9.17) is 0 Å². The molecule has 1 aliphatic rings. The predicted octanol–water partition coefficient (Wildman–Crippen LogP) is 3.29. The zero-order valence-corrected chi connectivity index (χ0v) is 17.1. The van der Waals surface area contributed by atoms with Crippen LogP contribution in [0.2, 0.25) is 0 Å². The lowest BCUT2D eigenvalue weighted by molar-refractivity contribution is -0.145. The predicted molar refractivity (Wildman–Crippen MR) is 96.2 cm³/mol. The van der Waals surface area contributed by atoms with E-state index < -0.39 is 23.7 Å². The fraction of sp³-hybridized carbons (Fsp3) is 0.667. The summed E-state index contributed by atoms with van der Waals surface area (Å²) in [6.45, 7) is 4.72. The third kappa shape index (κ3) is 4.48. The molecule has 2 aromatic heterocycles. The molecule has 0 bridgehead atoms. The molecule has 1 fully saturated rings. The first-order valence-electron chi connectivity index (χ1n) is 9.43. The highest BCUT2D eigenvalue weighted by Gasteiger charge is 2.40. The highest BCUT2D eigenvalue weighted by atomic mass is 19.4. The van der Waals surface area contributed by atoms with Crippen molar-refractivity contribution in [2.45, 2.75) is 51.4 Å². The van der Waals surface area contributed by atoms with Gasteiger partial charge in [-0.3, -0.25) is 19.2 Å². The Balaban J connectivity index is 1.73. The van der Waals surface area contributed by atoms with E-state index in [1.165, 1.54) is 26.5 Å². The average molecular weight is 438 g/mol. The number of rotatable bonds is 4. The summed E-state index contributed by atoms with van der Waals surface area (Å²) in [6.07, 6.45) is -6.58. The summed E-state index contributed by atoms with van der Waals surface area (Å²) in [4.78, 5) is 3.81. The van der Waals surface area contributed by atoms with Crippen molar-refractivity contribution in [3.8, 4) is 0 Å². The van der Waals surface area contributed by atoms with Crippen LogP contribution in [0.1, 0.15) is 36.4 Å². The molecule has 0 aliphatic carbocycles. The number of alkyl halides is 6. The van der Waals surface area contributed by atoms with Gasteiger partial charge in [-0.15, -0.1) is 0 Å². The minimum atomic E-state index is -4.51. The van der Waals surface area contributed by atoms with Crippen molar-refractivity contribution in [2.75, 3.05) is 13.1 Å². The zero-order valence-electron chi connectivity index (χ0n) is 17.1. The zero-order chi connectivity index (χ0) is 22.4. The molecule has 1 saturated heterocycles. The fourth-order valence-electron chi connectivity index (χ4n) is 4.27. The molecule has 0 N–H and O–H groups in total. The van der Waals surface area contributed by atoms with Crippen molar-refractivity contribution in [2.24, 2.45) is 14.1 Å². The number of piperazine rings is 1. The van der Waals surface area contributed by atoms with E-state index in [0.717, 1.165) is 9.36 Å². The second-order valence-corrected chi connectivity index (χ2v) is 7.84. The molecule has 1 aliphatic heterocycles. The van der Waals surface area contributed by atoms with Crippen LogP contribution in [0, 0.1) is 0 Å². The molecule has 3 heterocycles. The van der Waals surface area contributed by atoms with Crippen LogP contribution in [0.15, 0.2) is 12.4 Å². The lowest BCUT2D eigenvalue weighted by Crippen LogP contribution is -2.55. The summed E-state index contributed by atoms with van der Waals surface area (Å²) in [7, 11) is 2.50. The Hall–Kier alpha value is -2.08. The lowest BCUT2D eigenvalue weighted by atomic mass is 10.0. The van der Waals surface area contributed by atoms with Crippen LogP contribution in [0.5, 0.6) is 0 Å². The summed E-state index contributed by atoms with van der Waals surface area (Å²) in [5.74, 6) is 0. The van der Waals surface area contributed by atoms with Gasteiger partial charge >= 0.3 is 12.4 Å². The molecule has 3 rings (SSSR count). The molecule has 0 saturated carbocycles. The van der Waals surface area contributed by atoms with Gasteiger partial charge in [-0.05, 0) is 13.8 Å². The normalized spacial score (nSPS) is 22.1. The number of nitrogens with zero attached hydrogens (tertiary/aromatic N) is 6. The van der Waals surface area contributed by atoms with Gasteiger partial charge in [-0.25, -0.2) is 0 Å². The summed E-state index contributed by atoms with van der Waals surface area (Å²) in [5.41, 5.74) is -1.39. The van der Waals surface area contributed by atoms with E-state index in [2.05, 4.69) is 10.2 Å². The molecule has 0 radical (unpaired) electrons. The van der Waals surface area contributed by atoms with Gasteiger partial charge in [-0.1, -0.05) is 0 Å². The number of halogens is 6. The molecule has 12 heteroatoms. The topological polar surface area (TPSA) is 42.1 Å². The second-order valence-electron chi connectivity index (χ2n) is 7.84. The van der Waals surface area contributed by atoms with E-state index in [1.807, 2.05) is 23.6 Å². The molecular formula is C18H24F6N6. The van der Waals surface area contributed by atoms with E-state index in [0.29, 0.717) is 13.1 Å². The Labute approximate surface area is 170 Å². The van der Waals surface area contributed by atoms with Crippen LogP contribution in [0.4, 0.5) is 26.3 Å². The quantitative estimate of drug-likeness (QED) is 0.688. The molecule has 30 heavy (non-hydrogen) atoms. The van der Waals surface area contributed by atoms with E-state index in [1.54, 1.807) is 0 Å². The third-order valence-corrected chi connectivity index (χ3v) is 5.49. The molecular weight excluding hydrogens is 414 g/mol. The van der Waals surface area contributed by atoms with E-state index in [9.17, 15) is 26.3 Å². The van der Waals surface area contributed by atoms with E-state index >= 15 is 0 Å². The van der Waals surface area contributed by atoms with Crippen LogP contribution in [0.25, 0.3) is 0 Å². The number of hydrogen-bond acceptors (Lipinski definition) is 4. The van der Waals surface area contributed by atoms with Gasteiger partial charge in [0.25, 0.3) is 0 Å². The fourth-order valence-corrected chi connectivity index (χ4v) is 4.27. The number of hydrogen-bond donors (Lipinski definition) is 0. The van der Waals surface area contributed by atoms with Gasteiger partial charge in [0.15, 0.2) is 0 Å². The first-order chi connectivity index (χ1) is 13.8. The van der Waals surface area contributed by atoms with Gasteiger partial charge in [0, 0.05) is 63.5 Å². The molecule has 2 aromatic rings. The average Bonchev–Trinajstić information content (AvgIpc) is 3.13. The Morgan fingerprint density at radius 2 is 1.20 bits per heavy atom. The Bertz CT molecular complexity index is 871. The van der Waals surface area contributed by atoms with Crippen LogP contribution in [0.3, 0.4) is 0 Å². The summed E-state index contributed by atoms with van der Waals surface area (Å²) < 4.78 is 81.6. The van der Waals surface area contributed by atoms with E-state index in [-0.39, 0.29) is 36.3 Å². The molecule has 168 valence electrons. The van der Waals surface area contributed by atoms with Crippen molar-refractivity contribution < 1.29 is 26.3 Å². The maximum atomic E-state index is 13.3. The standard InChI is InChI=1S/C18H24F6N6/c1-11-7-29(9-13-5-25-27(3)15(13)17(19,20)21)8-12(2)30(11)10-14-6-26-28(4)16(14)18(22,23)24/h5-6,11-12H,7-10H2,1-4H3/t11-,12-/m0/s1. The molecule has 0 amide bonds. The smallest absolute Gasteiger partial charge is 0.296 e. The van der Waals surface area contributed by atoms with Crippen LogP contribution in [-0.2, 0) is 39.5 Å². The van der Waals surface area contributed by atoms with Crippen molar-refractivity contribution in [1.29, 1.82) is 0 Å². The lowest BCUT2D eigenvalue weighted by Gasteiger charge is -2.44. The van der Waals surface area contributed by atoms with Crippen LogP contribution < -0.4 is 0 Å². The first-order valence-corrected chi connectivity index (χ1v) is 9.43. The SMILES string of the molecule is C[C@H]1CN(Cc2cnn(C)c2C(F)(F)F)C[C@H](C)N1Cc1cnn(C)c1C(F)(F)F. The summed E-state index contributed by atoms with van der Waals surface area (Å²) >= 11 is 0. The Morgan fingerprint density at radius 1 is 0.800 bits per heavy atom. The van der Waals surface area contributed by atoms with Gasteiger partial charge < -0.3 is 0 Å². The van der Waals surface area contributed by atoms with Gasteiger partial charge in [0.05, 0.1) is 12.4 Å². The minimum absolute atomic E-state index is 0.0690. The first kappa shape index (κ1) is 22.6. The highest BCUT2D eigenvalue weighted by molar-refractivity contribution is 5.22. The van der Waals surface area contributed by atoms with Gasteiger partial charge in [-0.2, -0.15) is 36.5 Å². The van der Waals surface area contributed by atoms with Crippen molar-refractivity contribution in [3.63, 3.8) is 0 Å². The summed E-state index contributed by atoms with van der Waals surface area (Å²) in [6, 6.07) is -0.304. The monoisotopic (exact) mass is 438 g/mol. The second kappa shape index (κ2) is 7.88. The molecule has 6 nitrogen and oxygen atoms in total. The molecule has 0 aromatic carbocycles. The highest BCUT2D eigenvalue weighted by Crippen LogP contribution is 2.34.